The molecule has 0 saturated carbocycles. The molecule has 0 radical (unpaired) electrons. The SMILES string of the molecule is NCC#Cc1ccccc1CN1CCCC1CO. The maximum atomic E-state index is 9.34. The van der Waals surface area contributed by atoms with Crippen LogP contribution in [0.25, 0.3) is 0 Å². The molecule has 0 bridgehead atoms. The highest BCUT2D eigenvalue weighted by Crippen LogP contribution is 2.20. The van der Waals surface area contributed by atoms with Gasteiger partial charge in [-0.25, -0.2) is 0 Å². The second kappa shape index (κ2) is 6.55. The largest absolute Gasteiger partial charge is 0.395 e. The third kappa shape index (κ3) is 3.11. The van der Waals surface area contributed by atoms with Crippen LogP contribution in [0.15, 0.2) is 24.3 Å². The highest BCUT2D eigenvalue weighted by Gasteiger charge is 2.23. The van der Waals surface area contributed by atoms with Gasteiger partial charge in [0, 0.05) is 18.2 Å². The minimum absolute atomic E-state index is 0.247. The molecule has 0 amide bonds. The van der Waals surface area contributed by atoms with E-state index >= 15 is 0 Å². The molecular formula is C15H20N2O. The van der Waals surface area contributed by atoms with Crippen molar-refractivity contribution in [3.63, 3.8) is 0 Å². The molecule has 1 aromatic rings. The van der Waals surface area contributed by atoms with E-state index in [0.29, 0.717) is 12.6 Å². The minimum atomic E-state index is 0.247. The summed E-state index contributed by atoms with van der Waals surface area (Å²) in [6.45, 7) is 2.55. The van der Waals surface area contributed by atoms with Gasteiger partial charge >= 0.3 is 0 Å². The van der Waals surface area contributed by atoms with Crippen molar-refractivity contribution in [2.75, 3.05) is 19.7 Å². The monoisotopic (exact) mass is 244 g/mol. The lowest BCUT2D eigenvalue weighted by molar-refractivity contribution is 0.153. The Labute approximate surface area is 109 Å². The summed E-state index contributed by atoms with van der Waals surface area (Å²) < 4.78 is 0. The molecule has 0 aromatic heterocycles. The van der Waals surface area contributed by atoms with Crippen LogP contribution in [0, 0.1) is 11.8 Å². The maximum absolute atomic E-state index is 9.34. The molecule has 0 spiro atoms. The van der Waals surface area contributed by atoms with Gasteiger partial charge < -0.3 is 10.8 Å². The summed E-state index contributed by atoms with van der Waals surface area (Å²) in [7, 11) is 0. The lowest BCUT2D eigenvalue weighted by Gasteiger charge is -2.23. The van der Waals surface area contributed by atoms with Crippen molar-refractivity contribution in [1.82, 2.24) is 4.90 Å². The Morgan fingerprint density at radius 2 is 2.22 bits per heavy atom. The molecule has 1 fully saturated rings. The van der Waals surface area contributed by atoms with Crippen molar-refractivity contribution in [3.05, 3.63) is 35.4 Å². The van der Waals surface area contributed by atoms with Gasteiger partial charge in [0.15, 0.2) is 0 Å². The van der Waals surface area contributed by atoms with Crippen LogP contribution in [0.4, 0.5) is 0 Å². The van der Waals surface area contributed by atoms with E-state index in [0.717, 1.165) is 25.1 Å². The van der Waals surface area contributed by atoms with Crippen LogP contribution in [0.2, 0.25) is 0 Å². The molecule has 1 aromatic carbocycles. The van der Waals surface area contributed by atoms with Gasteiger partial charge in [0.25, 0.3) is 0 Å². The predicted octanol–water partition coefficient (Wildman–Crippen LogP) is 0.953. The zero-order chi connectivity index (χ0) is 12.8. The first kappa shape index (κ1) is 13.1. The van der Waals surface area contributed by atoms with Gasteiger partial charge in [-0.05, 0) is 31.0 Å². The number of likely N-dealkylation sites (tertiary alicyclic amines) is 1. The Morgan fingerprint density at radius 3 is 3.00 bits per heavy atom. The molecule has 3 nitrogen and oxygen atoms in total. The summed E-state index contributed by atoms with van der Waals surface area (Å²) in [4.78, 5) is 2.34. The Morgan fingerprint density at radius 1 is 1.39 bits per heavy atom. The molecule has 3 heteroatoms. The minimum Gasteiger partial charge on any atom is -0.395 e. The average molecular weight is 244 g/mol. The zero-order valence-corrected chi connectivity index (χ0v) is 10.6. The maximum Gasteiger partial charge on any atom is 0.0587 e. The summed E-state index contributed by atoms with van der Waals surface area (Å²) in [6.07, 6.45) is 2.26. The lowest BCUT2D eigenvalue weighted by Crippen LogP contribution is -2.31. The van der Waals surface area contributed by atoms with E-state index in [1.54, 1.807) is 0 Å². The van der Waals surface area contributed by atoms with E-state index in [2.05, 4.69) is 22.8 Å². The first-order chi connectivity index (χ1) is 8.85. The highest BCUT2D eigenvalue weighted by atomic mass is 16.3. The highest BCUT2D eigenvalue weighted by molar-refractivity contribution is 5.41. The van der Waals surface area contributed by atoms with E-state index in [1.807, 2.05) is 18.2 Å². The number of nitrogens with two attached hydrogens (primary N) is 1. The molecular weight excluding hydrogens is 224 g/mol. The number of aliphatic hydroxyl groups is 1. The standard InChI is InChI=1S/C15H20N2O/c16-9-3-7-13-5-1-2-6-14(13)11-17-10-4-8-15(17)12-18/h1-2,5-6,15,18H,4,8-12,16H2. The van der Waals surface area contributed by atoms with Gasteiger partial charge in [-0.15, -0.1) is 0 Å². The van der Waals surface area contributed by atoms with E-state index in [9.17, 15) is 5.11 Å². The van der Waals surface area contributed by atoms with Crippen LogP contribution in [-0.4, -0.2) is 35.7 Å². The lowest BCUT2D eigenvalue weighted by atomic mass is 10.1. The van der Waals surface area contributed by atoms with Gasteiger partial charge in [0.2, 0.25) is 0 Å². The average Bonchev–Trinajstić information content (AvgIpc) is 2.85. The van der Waals surface area contributed by atoms with Crippen molar-refractivity contribution in [2.24, 2.45) is 5.73 Å². The third-order valence-corrected chi connectivity index (χ3v) is 3.43. The van der Waals surface area contributed by atoms with E-state index in [4.69, 9.17) is 5.73 Å². The van der Waals surface area contributed by atoms with Crippen LogP contribution >= 0.6 is 0 Å². The molecule has 1 heterocycles. The van der Waals surface area contributed by atoms with Crippen LogP contribution in [-0.2, 0) is 6.54 Å². The third-order valence-electron chi connectivity index (χ3n) is 3.43. The first-order valence-electron chi connectivity index (χ1n) is 6.47. The van der Waals surface area contributed by atoms with Crippen molar-refractivity contribution in [1.29, 1.82) is 0 Å². The topological polar surface area (TPSA) is 49.5 Å². The summed E-state index contributed by atoms with van der Waals surface area (Å²) in [5, 5.41) is 9.34. The van der Waals surface area contributed by atoms with Crippen molar-refractivity contribution in [3.8, 4) is 11.8 Å². The Bertz CT molecular complexity index is 447. The van der Waals surface area contributed by atoms with Gasteiger partial charge in [0.05, 0.1) is 13.2 Å². The molecule has 3 N–H and O–H groups in total. The van der Waals surface area contributed by atoms with E-state index in [-0.39, 0.29) is 6.61 Å². The smallest absolute Gasteiger partial charge is 0.0587 e. The second-order valence-electron chi connectivity index (χ2n) is 4.61. The number of rotatable bonds is 3. The number of hydrogen-bond acceptors (Lipinski definition) is 3. The van der Waals surface area contributed by atoms with Crippen LogP contribution in [0.3, 0.4) is 0 Å². The fraction of sp³-hybridized carbons (Fsp3) is 0.467. The molecule has 0 aliphatic carbocycles. The van der Waals surface area contributed by atoms with Crippen LogP contribution in [0.5, 0.6) is 0 Å². The second-order valence-corrected chi connectivity index (χ2v) is 4.61. The quantitative estimate of drug-likeness (QED) is 0.778. The normalized spacial score (nSPS) is 19.6. The Balaban J connectivity index is 2.13. The summed E-state index contributed by atoms with van der Waals surface area (Å²) in [6, 6.07) is 8.47. The van der Waals surface area contributed by atoms with Crippen LogP contribution < -0.4 is 5.73 Å². The summed E-state index contributed by atoms with van der Waals surface area (Å²) in [5.74, 6) is 6.02. The van der Waals surface area contributed by atoms with Gasteiger partial charge in [-0.1, -0.05) is 30.0 Å². The number of nitrogens with zero attached hydrogens (tertiary/aromatic N) is 1. The van der Waals surface area contributed by atoms with Crippen molar-refractivity contribution >= 4 is 0 Å². The fourth-order valence-corrected chi connectivity index (χ4v) is 2.46. The fourth-order valence-electron chi connectivity index (χ4n) is 2.46. The molecule has 1 atom stereocenters. The molecule has 1 saturated heterocycles. The Kier molecular flexibility index (Phi) is 4.77. The van der Waals surface area contributed by atoms with Gasteiger partial charge in [-0.3, -0.25) is 4.90 Å². The van der Waals surface area contributed by atoms with Gasteiger partial charge in [-0.2, -0.15) is 0 Å². The predicted molar refractivity (Wildman–Crippen MR) is 72.9 cm³/mol. The van der Waals surface area contributed by atoms with Crippen molar-refractivity contribution < 1.29 is 5.11 Å². The number of aliphatic hydroxyl groups excluding tert-OH is 1. The zero-order valence-electron chi connectivity index (χ0n) is 10.6. The molecule has 1 aliphatic rings. The summed E-state index contributed by atoms with van der Waals surface area (Å²) >= 11 is 0. The van der Waals surface area contributed by atoms with E-state index < -0.39 is 0 Å². The van der Waals surface area contributed by atoms with Gasteiger partial charge in [0.1, 0.15) is 0 Å². The number of benzene rings is 1. The molecule has 18 heavy (non-hydrogen) atoms. The first-order valence-corrected chi connectivity index (χ1v) is 6.47. The molecule has 96 valence electrons. The summed E-state index contributed by atoms with van der Waals surface area (Å²) in [5.41, 5.74) is 7.69. The molecule has 2 rings (SSSR count). The van der Waals surface area contributed by atoms with E-state index in [1.165, 1.54) is 12.0 Å². The Hall–Kier alpha value is -1.34. The molecule has 1 aliphatic heterocycles. The van der Waals surface area contributed by atoms with Crippen molar-refractivity contribution in [2.45, 2.75) is 25.4 Å². The number of hydrogen-bond donors (Lipinski definition) is 2. The van der Waals surface area contributed by atoms with Crippen LogP contribution in [0.1, 0.15) is 24.0 Å². The molecule has 1 unspecified atom stereocenters.